The smallest absolute Gasteiger partial charge is 0.193 e. The van der Waals surface area contributed by atoms with Crippen LogP contribution in [-0.2, 0) is 4.74 Å². The average Bonchev–Trinajstić information content (AvgIpc) is 2.53. The summed E-state index contributed by atoms with van der Waals surface area (Å²) in [6.07, 6.45) is 3.57. The van der Waals surface area contributed by atoms with E-state index in [2.05, 4.69) is 36.1 Å². The van der Waals surface area contributed by atoms with Gasteiger partial charge in [-0.25, -0.2) is 0 Å². The molecule has 2 rings (SSSR count). The molecule has 0 saturated carbocycles. The third-order valence-electron chi connectivity index (χ3n) is 4.99. The van der Waals surface area contributed by atoms with Gasteiger partial charge >= 0.3 is 0 Å². The molecule has 2 aliphatic rings. The van der Waals surface area contributed by atoms with Gasteiger partial charge in [-0.2, -0.15) is 0 Å². The van der Waals surface area contributed by atoms with Crippen LogP contribution in [0, 0.1) is 0 Å². The molecule has 0 atom stereocenters. The van der Waals surface area contributed by atoms with Crippen molar-refractivity contribution in [2.24, 2.45) is 4.99 Å². The van der Waals surface area contributed by atoms with E-state index in [9.17, 15) is 5.11 Å². The molecule has 0 amide bonds. The van der Waals surface area contributed by atoms with Crippen molar-refractivity contribution in [2.75, 3.05) is 53.5 Å². The maximum atomic E-state index is 9.68. The molecule has 136 valence electrons. The zero-order valence-corrected chi connectivity index (χ0v) is 17.1. The SMILES string of the molecule is CCNC(=NCC1(N(C)C)CCOCC1)N1CCC(O)CC1.I. The quantitative estimate of drug-likeness (QED) is 0.390. The van der Waals surface area contributed by atoms with Gasteiger partial charge in [-0.1, -0.05) is 0 Å². The predicted molar refractivity (Wildman–Crippen MR) is 105 cm³/mol. The normalized spacial score (nSPS) is 22.8. The maximum Gasteiger partial charge on any atom is 0.193 e. The number of halogens is 1. The van der Waals surface area contributed by atoms with Gasteiger partial charge in [0, 0.05) is 38.4 Å². The van der Waals surface area contributed by atoms with Crippen LogP contribution in [-0.4, -0.2) is 86.0 Å². The van der Waals surface area contributed by atoms with Crippen molar-refractivity contribution in [3.8, 4) is 0 Å². The minimum absolute atomic E-state index is 0. The number of likely N-dealkylation sites (tertiary alicyclic amines) is 1. The Morgan fingerprint density at radius 2 is 1.91 bits per heavy atom. The summed E-state index contributed by atoms with van der Waals surface area (Å²) in [5.74, 6) is 0.988. The van der Waals surface area contributed by atoms with Crippen LogP contribution in [0.5, 0.6) is 0 Å². The summed E-state index contributed by atoms with van der Waals surface area (Å²) in [6.45, 7) is 7.17. The number of nitrogens with one attached hydrogen (secondary N) is 1. The maximum absolute atomic E-state index is 9.68. The Bertz CT molecular complexity index is 365. The molecule has 2 N–H and O–H groups in total. The third kappa shape index (κ3) is 5.72. The Balaban J connectivity index is 0.00000264. The Kier molecular flexibility index (Phi) is 9.10. The van der Waals surface area contributed by atoms with Gasteiger partial charge in [0.2, 0.25) is 0 Å². The Labute approximate surface area is 157 Å². The van der Waals surface area contributed by atoms with E-state index in [0.717, 1.165) is 71.0 Å². The molecule has 0 aromatic rings. The molecule has 7 heteroatoms. The highest BCUT2D eigenvalue weighted by Gasteiger charge is 2.35. The van der Waals surface area contributed by atoms with Crippen molar-refractivity contribution < 1.29 is 9.84 Å². The fourth-order valence-electron chi connectivity index (χ4n) is 3.22. The number of nitrogens with zero attached hydrogens (tertiary/aromatic N) is 3. The van der Waals surface area contributed by atoms with Crippen LogP contribution in [0.25, 0.3) is 0 Å². The first kappa shape index (κ1) is 20.9. The van der Waals surface area contributed by atoms with Crippen LogP contribution in [0.2, 0.25) is 0 Å². The lowest BCUT2D eigenvalue weighted by Crippen LogP contribution is -2.52. The largest absolute Gasteiger partial charge is 0.393 e. The fourth-order valence-corrected chi connectivity index (χ4v) is 3.22. The zero-order valence-electron chi connectivity index (χ0n) is 14.8. The first-order valence-electron chi connectivity index (χ1n) is 8.54. The molecule has 2 fully saturated rings. The monoisotopic (exact) mass is 440 g/mol. The van der Waals surface area contributed by atoms with Gasteiger partial charge in [0.1, 0.15) is 0 Å². The second-order valence-corrected chi connectivity index (χ2v) is 6.62. The summed E-state index contributed by atoms with van der Waals surface area (Å²) < 4.78 is 5.53. The van der Waals surface area contributed by atoms with Gasteiger partial charge < -0.3 is 25.0 Å². The van der Waals surface area contributed by atoms with Gasteiger partial charge in [0.25, 0.3) is 0 Å². The average molecular weight is 440 g/mol. The third-order valence-corrected chi connectivity index (χ3v) is 4.99. The molecule has 0 unspecified atom stereocenters. The summed E-state index contributed by atoms with van der Waals surface area (Å²) in [5.41, 5.74) is 0.105. The second kappa shape index (κ2) is 10.0. The molecule has 0 aromatic carbocycles. The number of aliphatic hydroxyl groups is 1. The zero-order chi connectivity index (χ0) is 16.0. The van der Waals surface area contributed by atoms with Crippen LogP contribution >= 0.6 is 24.0 Å². The molecule has 0 spiro atoms. The summed E-state index contributed by atoms with van der Waals surface area (Å²) >= 11 is 0. The summed E-state index contributed by atoms with van der Waals surface area (Å²) in [4.78, 5) is 9.52. The first-order valence-corrected chi connectivity index (χ1v) is 8.54. The lowest BCUT2D eigenvalue weighted by atomic mass is 9.89. The molecule has 2 heterocycles. The van der Waals surface area contributed by atoms with Crippen molar-refractivity contribution in [3.05, 3.63) is 0 Å². The summed E-state index contributed by atoms with van der Waals surface area (Å²) in [7, 11) is 4.29. The molecule has 0 aromatic heterocycles. The number of hydrogen-bond acceptors (Lipinski definition) is 4. The van der Waals surface area contributed by atoms with Crippen LogP contribution in [0.4, 0.5) is 0 Å². The molecule has 0 bridgehead atoms. The molecular formula is C16H33IN4O2. The van der Waals surface area contributed by atoms with Crippen molar-refractivity contribution in [3.63, 3.8) is 0 Å². The number of piperidine rings is 1. The van der Waals surface area contributed by atoms with E-state index in [0.29, 0.717) is 0 Å². The van der Waals surface area contributed by atoms with Crippen LogP contribution in [0.3, 0.4) is 0 Å². The highest BCUT2D eigenvalue weighted by molar-refractivity contribution is 14.0. The molecule has 23 heavy (non-hydrogen) atoms. The number of rotatable bonds is 4. The number of likely N-dealkylation sites (N-methyl/N-ethyl adjacent to an activating group) is 1. The van der Waals surface area contributed by atoms with E-state index in [4.69, 9.17) is 9.73 Å². The lowest BCUT2D eigenvalue weighted by molar-refractivity contribution is -0.00270. The highest BCUT2D eigenvalue weighted by atomic mass is 127. The van der Waals surface area contributed by atoms with Gasteiger partial charge in [-0.05, 0) is 46.7 Å². The molecule has 2 saturated heterocycles. The first-order chi connectivity index (χ1) is 10.6. The van der Waals surface area contributed by atoms with E-state index >= 15 is 0 Å². The van der Waals surface area contributed by atoms with Crippen molar-refractivity contribution >= 4 is 29.9 Å². The Morgan fingerprint density at radius 1 is 1.30 bits per heavy atom. The number of aliphatic imine (C=N–C) groups is 1. The number of hydrogen-bond donors (Lipinski definition) is 2. The van der Waals surface area contributed by atoms with Gasteiger partial charge in [-0.15, -0.1) is 24.0 Å². The minimum atomic E-state index is -0.150. The number of aliphatic hydroxyl groups excluding tert-OH is 1. The van der Waals surface area contributed by atoms with E-state index in [1.54, 1.807) is 0 Å². The van der Waals surface area contributed by atoms with Crippen molar-refractivity contribution in [1.82, 2.24) is 15.1 Å². The molecule has 2 aliphatic heterocycles. The standard InChI is InChI=1S/C16H32N4O2.HI/c1-4-17-15(20-9-5-14(21)6-10-20)18-13-16(19(2)3)7-11-22-12-8-16;/h14,21H,4-13H2,1-3H3,(H,17,18);1H. The second-order valence-electron chi connectivity index (χ2n) is 6.62. The van der Waals surface area contributed by atoms with Crippen LogP contribution < -0.4 is 5.32 Å². The fraction of sp³-hybridized carbons (Fsp3) is 0.938. The molecule has 6 nitrogen and oxygen atoms in total. The number of guanidine groups is 1. The van der Waals surface area contributed by atoms with E-state index in [1.807, 2.05) is 0 Å². The van der Waals surface area contributed by atoms with Crippen LogP contribution in [0.15, 0.2) is 4.99 Å². The topological polar surface area (TPSA) is 60.3 Å². The van der Waals surface area contributed by atoms with Gasteiger partial charge in [-0.3, -0.25) is 4.99 Å². The minimum Gasteiger partial charge on any atom is -0.393 e. The van der Waals surface area contributed by atoms with E-state index in [1.165, 1.54) is 0 Å². The van der Waals surface area contributed by atoms with Gasteiger partial charge in [0.05, 0.1) is 12.6 Å². The van der Waals surface area contributed by atoms with Crippen molar-refractivity contribution in [1.29, 1.82) is 0 Å². The predicted octanol–water partition coefficient (Wildman–Crippen LogP) is 1.14. The lowest BCUT2D eigenvalue weighted by Gasteiger charge is -2.42. The highest BCUT2D eigenvalue weighted by Crippen LogP contribution is 2.26. The summed E-state index contributed by atoms with van der Waals surface area (Å²) in [5, 5.41) is 13.1. The van der Waals surface area contributed by atoms with E-state index in [-0.39, 0.29) is 35.6 Å². The Morgan fingerprint density at radius 3 is 2.43 bits per heavy atom. The van der Waals surface area contributed by atoms with Gasteiger partial charge in [0.15, 0.2) is 5.96 Å². The molecular weight excluding hydrogens is 407 g/mol. The Hall–Kier alpha value is -0.120. The summed E-state index contributed by atoms with van der Waals surface area (Å²) in [6, 6.07) is 0. The number of ether oxygens (including phenoxy) is 1. The van der Waals surface area contributed by atoms with E-state index < -0.39 is 0 Å². The van der Waals surface area contributed by atoms with Crippen LogP contribution in [0.1, 0.15) is 32.6 Å². The molecule has 0 aliphatic carbocycles. The molecule has 0 radical (unpaired) electrons. The van der Waals surface area contributed by atoms with Crippen molar-refractivity contribution in [2.45, 2.75) is 44.2 Å².